The highest BCUT2D eigenvalue weighted by Gasteiger charge is 2.18. The maximum Gasteiger partial charge on any atom is 0.265 e. The lowest BCUT2D eigenvalue weighted by molar-refractivity contribution is 0.442. The number of anilines is 1. The molecular formula is C7H13N5. The second-order valence-electron chi connectivity index (χ2n) is 3.41. The SMILES string of the molecule is CC1CCCN(c2nn[nH]n2)C1. The summed E-state index contributed by atoms with van der Waals surface area (Å²) in [5.74, 6) is 1.49. The topological polar surface area (TPSA) is 57.7 Å². The molecule has 5 nitrogen and oxygen atoms in total. The van der Waals surface area contributed by atoms with E-state index >= 15 is 0 Å². The lowest BCUT2D eigenvalue weighted by atomic mass is 10.0. The van der Waals surface area contributed by atoms with E-state index in [1.54, 1.807) is 0 Å². The van der Waals surface area contributed by atoms with Crippen LogP contribution in [0.5, 0.6) is 0 Å². The second-order valence-corrected chi connectivity index (χ2v) is 3.41. The molecule has 0 radical (unpaired) electrons. The van der Waals surface area contributed by atoms with Crippen molar-refractivity contribution in [2.75, 3.05) is 18.0 Å². The van der Waals surface area contributed by atoms with Crippen LogP contribution in [0.4, 0.5) is 5.95 Å². The van der Waals surface area contributed by atoms with Gasteiger partial charge in [-0.15, -0.1) is 5.10 Å². The van der Waals surface area contributed by atoms with Crippen molar-refractivity contribution in [3.05, 3.63) is 0 Å². The molecule has 1 atom stereocenters. The molecule has 0 saturated carbocycles. The van der Waals surface area contributed by atoms with Gasteiger partial charge in [0.2, 0.25) is 0 Å². The van der Waals surface area contributed by atoms with Gasteiger partial charge in [-0.2, -0.15) is 5.21 Å². The molecule has 5 heteroatoms. The highest BCUT2D eigenvalue weighted by Crippen LogP contribution is 2.18. The first-order valence-electron chi connectivity index (χ1n) is 4.34. The lowest BCUT2D eigenvalue weighted by Gasteiger charge is -2.29. The van der Waals surface area contributed by atoms with E-state index < -0.39 is 0 Å². The molecule has 0 aliphatic carbocycles. The summed E-state index contributed by atoms with van der Waals surface area (Å²) in [7, 11) is 0. The molecular weight excluding hydrogens is 154 g/mol. The van der Waals surface area contributed by atoms with Crippen LogP contribution in [0.1, 0.15) is 19.8 Å². The van der Waals surface area contributed by atoms with E-state index in [0.717, 1.165) is 25.0 Å². The fourth-order valence-corrected chi connectivity index (χ4v) is 1.66. The number of aromatic nitrogens is 4. The summed E-state index contributed by atoms with van der Waals surface area (Å²) in [6.45, 7) is 4.37. The Morgan fingerprint density at radius 2 is 2.50 bits per heavy atom. The Kier molecular flexibility index (Phi) is 1.93. The Bertz CT molecular complexity index is 232. The maximum absolute atomic E-state index is 3.95. The van der Waals surface area contributed by atoms with Crippen molar-refractivity contribution >= 4 is 5.95 Å². The number of piperidine rings is 1. The molecule has 1 saturated heterocycles. The minimum atomic E-state index is 0.738. The van der Waals surface area contributed by atoms with Crippen LogP contribution < -0.4 is 4.90 Å². The summed E-state index contributed by atoms with van der Waals surface area (Å²) in [4.78, 5) is 2.18. The molecule has 1 aromatic heterocycles. The molecule has 0 amide bonds. The van der Waals surface area contributed by atoms with Crippen LogP contribution in [0, 0.1) is 5.92 Å². The third kappa shape index (κ3) is 1.39. The number of tetrazole rings is 1. The van der Waals surface area contributed by atoms with Crippen LogP contribution in [0.15, 0.2) is 0 Å². The number of nitrogens with zero attached hydrogens (tertiary/aromatic N) is 4. The van der Waals surface area contributed by atoms with Crippen molar-refractivity contribution in [3.63, 3.8) is 0 Å². The van der Waals surface area contributed by atoms with Crippen LogP contribution in [0.25, 0.3) is 0 Å². The van der Waals surface area contributed by atoms with Gasteiger partial charge in [-0.25, -0.2) is 0 Å². The number of nitrogens with one attached hydrogen (secondary N) is 1. The van der Waals surface area contributed by atoms with Crippen LogP contribution in [-0.4, -0.2) is 33.7 Å². The minimum absolute atomic E-state index is 0.738. The van der Waals surface area contributed by atoms with Gasteiger partial charge in [0, 0.05) is 13.1 Å². The van der Waals surface area contributed by atoms with Crippen LogP contribution in [0.2, 0.25) is 0 Å². The number of hydrogen-bond acceptors (Lipinski definition) is 4. The Morgan fingerprint density at radius 3 is 3.17 bits per heavy atom. The zero-order valence-electron chi connectivity index (χ0n) is 7.19. The van der Waals surface area contributed by atoms with Gasteiger partial charge < -0.3 is 4.90 Å². The zero-order chi connectivity index (χ0) is 8.39. The van der Waals surface area contributed by atoms with Crippen molar-refractivity contribution in [1.29, 1.82) is 0 Å². The molecule has 0 aromatic carbocycles. The summed E-state index contributed by atoms with van der Waals surface area (Å²) in [6, 6.07) is 0. The average Bonchev–Trinajstić information content (AvgIpc) is 2.56. The molecule has 1 aliphatic heterocycles. The fourth-order valence-electron chi connectivity index (χ4n) is 1.66. The summed E-state index contributed by atoms with van der Waals surface area (Å²) in [6.07, 6.45) is 2.55. The summed E-state index contributed by atoms with van der Waals surface area (Å²) in [5.41, 5.74) is 0. The van der Waals surface area contributed by atoms with Crippen LogP contribution in [-0.2, 0) is 0 Å². The van der Waals surface area contributed by atoms with Gasteiger partial charge in [0.25, 0.3) is 5.95 Å². The van der Waals surface area contributed by atoms with Gasteiger partial charge >= 0.3 is 0 Å². The Balaban J connectivity index is 2.04. The predicted octanol–water partition coefficient (Wildman–Crippen LogP) is 0.436. The molecule has 0 spiro atoms. The minimum Gasteiger partial charge on any atom is -0.338 e. The molecule has 2 heterocycles. The number of H-pyrrole nitrogens is 1. The van der Waals surface area contributed by atoms with Crippen LogP contribution >= 0.6 is 0 Å². The lowest BCUT2D eigenvalue weighted by Crippen LogP contribution is -2.34. The van der Waals surface area contributed by atoms with Gasteiger partial charge in [-0.1, -0.05) is 12.0 Å². The summed E-state index contributed by atoms with van der Waals surface area (Å²) < 4.78 is 0. The largest absolute Gasteiger partial charge is 0.338 e. The summed E-state index contributed by atoms with van der Waals surface area (Å²) >= 11 is 0. The van der Waals surface area contributed by atoms with E-state index in [2.05, 4.69) is 32.4 Å². The average molecular weight is 167 g/mol. The smallest absolute Gasteiger partial charge is 0.265 e. The quantitative estimate of drug-likeness (QED) is 0.659. The molecule has 66 valence electrons. The first kappa shape index (κ1) is 7.52. The highest BCUT2D eigenvalue weighted by molar-refractivity contribution is 5.26. The molecule has 0 bridgehead atoms. The van der Waals surface area contributed by atoms with E-state index in [9.17, 15) is 0 Å². The molecule has 1 N–H and O–H groups in total. The van der Waals surface area contributed by atoms with Gasteiger partial charge in [-0.3, -0.25) is 0 Å². The first-order chi connectivity index (χ1) is 5.86. The van der Waals surface area contributed by atoms with Crippen LogP contribution in [0.3, 0.4) is 0 Å². The third-order valence-corrected chi connectivity index (χ3v) is 2.27. The van der Waals surface area contributed by atoms with Crippen molar-refractivity contribution < 1.29 is 0 Å². The summed E-state index contributed by atoms with van der Waals surface area (Å²) in [5, 5.41) is 13.9. The first-order valence-corrected chi connectivity index (χ1v) is 4.34. The normalized spacial score (nSPS) is 24.4. The predicted molar refractivity (Wildman–Crippen MR) is 44.8 cm³/mol. The number of rotatable bonds is 1. The number of aromatic amines is 1. The van der Waals surface area contributed by atoms with Gasteiger partial charge in [-0.05, 0) is 24.0 Å². The van der Waals surface area contributed by atoms with Crippen molar-refractivity contribution in [2.24, 2.45) is 5.92 Å². The molecule has 1 unspecified atom stereocenters. The van der Waals surface area contributed by atoms with Crippen molar-refractivity contribution in [2.45, 2.75) is 19.8 Å². The fraction of sp³-hybridized carbons (Fsp3) is 0.857. The monoisotopic (exact) mass is 167 g/mol. The third-order valence-electron chi connectivity index (χ3n) is 2.27. The van der Waals surface area contributed by atoms with E-state index in [0.29, 0.717) is 0 Å². The molecule has 12 heavy (non-hydrogen) atoms. The zero-order valence-corrected chi connectivity index (χ0v) is 7.19. The Morgan fingerprint density at radius 1 is 1.58 bits per heavy atom. The van der Waals surface area contributed by atoms with E-state index in [4.69, 9.17) is 0 Å². The number of hydrogen-bond donors (Lipinski definition) is 1. The standard InChI is InChI=1S/C7H13N5/c1-6-3-2-4-12(5-6)7-8-10-11-9-7/h6H,2-5H2,1H3,(H,8,9,10,11). The van der Waals surface area contributed by atoms with E-state index in [1.807, 2.05) is 0 Å². The van der Waals surface area contributed by atoms with Crippen molar-refractivity contribution in [3.8, 4) is 0 Å². The van der Waals surface area contributed by atoms with E-state index in [1.165, 1.54) is 12.8 Å². The molecule has 1 fully saturated rings. The van der Waals surface area contributed by atoms with Gasteiger partial charge in [0.15, 0.2) is 0 Å². The maximum atomic E-state index is 3.95. The van der Waals surface area contributed by atoms with E-state index in [-0.39, 0.29) is 0 Å². The molecule has 2 rings (SSSR count). The van der Waals surface area contributed by atoms with Crippen molar-refractivity contribution in [1.82, 2.24) is 20.6 Å². The van der Waals surface area contributed by atoms with Gasteiger partial charge in [0.05, 0.1) is 0 Å². The van der Waals surface area contributed by atoms with Gasteiger partial charge in [0.1, 0.15) is 0 Å². The highest BCUT2D eigenvalue weighted by atomic mass is 15.5. The molecule has 1 aromatic rings. The second kappa shape index (κ2) is 3.08. The molecule has 1 aliphatic rings. The Labute approximate surface area is 71.1 Å². The Hall–Kier alpha value is -1.13.